The van der Waals surface area contributed by atoms with Crippen LogP contribution in [0.1, 0.15) is 44.6 Å². The molecule has 0 unspecified atom stereocenters. The van der Waals surface area contributed by atoms with E-state index in [1.165, 1.54) is 16.5 Å². The predicted molar refractivity (Wildman–Crippen MR) is 77.1 cm³/mol. The first-order valence-corrected chi connectivity index (χ1v) is 6.67. The second kappa shape index (κ2) is 4.77. The van der Waals surface area contributed by atoms with Gasteiger partial charge < -0.3 is 9.73 Å². The summed E-state index contributed by atoms with van der Waals surface area (Å²) >= 11 is 0. The topological polar surface area (TPSA) is 25.2 Å². The lowest BCUT2D eigenvalue weighted by atomic mass is 9.84. The Balaban J connectivity index is 2.75. The van der Waals surface area contributed by atoms with Gasteiger partial charge in [0.1, 0.15) is 11.3 Å². The van der Waals surface area contributed by atoms with Crippen LogP contribution in [-0.2, 0) is 18.4 Å². The van der Waals surface area contributed by atoms with Gasteiger partial charge in [-0.3, -0.25) is 0 Å². The average Bonchev–Trinajstić information content (AvgIpc) is 2.66. The van der Waals surface area contributed by atoms with Crippen LogP contribution in [0.5, 0.6) is 0 Å². The molecular formula is C16H23NO. The van der Waals surface area contributed by atoms with Crippen LogP contribution in [-0.4, -0.2) is 7.05 Å². The maximum absolute atomic E-state index is 6.13. The molecule has 1 heterocycles. The quantitative estimate of drug-likeness (QED) is 0.883. The molecule has 0 spiro atoms. The van der Waals surface area contributed by atoms with Gasteiger partial charge in [-0.25, -0.2) is 0 Å². The van der Waals surface area contributed by atoms with E-state index in [2.05, 4.69) is 51.2 Å². The third-order valence-electron chi connectivity index (χ3n) is 3.34. The van der Waals surface area contributed by atoms with Crippen LogP contribution >= 0.6 is 0 Å². The summed E-state index contributed by atoms with van der Waals surface area (Å²) in [6.07, 6.45) is 1.01. The van der Waals surface area contributed by atoms with Crippen molar-refractivity contribution in [2.75, 3.05) is 7.05 Å². The first kappa shape index (κ1) is 13.2. The summed E-state index contributed by atoms with van der Waals surface area (Å²) in [6.45, 7) is 9.69. The number of benzene rings is 1. The molecule has 2 rings (SSSR count). The summed E-state index contributed by atoms with van der Waals surface area (Å²) in [5.41, 5.74) is 3.79. The highest BCUT2D eigenvalue weighted by Crippen LogP contribution is 2.36. The van der Waals surface area contributed by atoms with Crippen molar-refractivity contribution in [3.63, 3.8) is 0 Å². The molecule has 0 saturated carbocycles. The van der Waals surface area contributed by atoms with Crippen molar-refractivity contribution in [2.24, 2.45) is 0 Å². The monoisotopic (exact) mass is 245 g/mol. The van der Waals surface area contributed by atoms with E-state index in [4.69, 9.17) is 4.42 Å². The molecule has 1 aromatic heterocycles. The average molecular weight is 245 g/mol. The highest BCUT2D eigenvalue weighted by atomic mass is 16.3. The third kappa shape index (κ3) is 2.17. The van der Waals surface area contributed by atoms with Crippen LogP contribution in [0.3, 0.4) is 0 Å². The fourth-order valence-corrected chi connectivity index (χ4v) is 2.61. The van der Waals surface area contributed by atoms with E-state index in [-0.39, 0.29) is 5.41 Å². The van der Waals surface area contributed by atoms with E-state index in [0.717, 1.165) is 24.3 Å². The Bertz CT molecular complexity index is 546. The van der Waals surface area contributed by atoms with Gasteiger partial charge in [0.25, 0.3) is 0 Å². The van der Waals surface area contributed by atoms with Gasteiger partial charge in [0.2, 0.25) is 0 Å². The summed E-state index contributed by atoms with van der Waals surface area (Å²) in [5.74, 6) is 1.07. The Labute approximate surface area is 109 Å². The van der Waals surface area contributed by atoms with E-state index < -0.39 is 0 Å². The molecule has 0 aliphatic carbocycles. The molecule has 2 heteroatoms. The van der Waals surface area contributed by atoms with E-state index >= 15 is 0 Å². The third-order valence-corrected chi connectivity index (χ3v) is 3.34. The van der Waals surface area contributed by atoms with Crippen LogP contribution in [0, 0.1) is 0 Å². The highest BCUT2D eigenvalue weighted by molar-refractivity contribution is 5.86. The minimum Gasteiger partial charge on any atom is -0.459 e. The number of hydrogen-bond acceptors (Lipinski definition) is 2. The Morgan fingerprint density at radius 3 is 2.50 bits per heavy atom. The number of rotatable bonds is 3. The van der Waals surface area contributed by atoms with Crippen molar-refractivity contribution in [3.8, 4) is 0 Å². The molecule has 2 nitrogen and oxygen atoms in total. The van der Waals surface area contributed by atoms with Crippen molar-refractivity contribution in [3.05, 3.63) is 35.1 Å². The SMILES string of the molecule is CCc1cccc2c(C(C)(C)C)c(CNC)oc12. The number of fused-ring (bicyclic) bond motifs is 1. The van der Waals surface area contributed by atoms with Crippen LogP contribution in [0.4, 0.5) is 0 Å². The zero-order valence-corrected chi connectivity index (χ0v) is 12.1. The second-order valence-electron chi connectivity index (χ2n) is 5.83. The predicted octanol–water partition coefficient (Wildman–Crippen LogP) is 4.01. The molecule has 0 atom stereocenters. The lowest BCUT2D eigenvalue weighted by molar-refractivity contribution is 0.493. The van der Waals surface area contributed by atoms with E-state index in [9.17, 15) is 0 Å². The summed E-state index contributed by atoms with van der Waals surface area (Å²) in [7, 11) is 1.96. The molecular weight excluding hydrogens is 222 g/mol. The number of aryl methyl sites for hydroxylation is 1. The first-order chi connectivity index (χ1) is 8.49. The maximum atomic E-state index is 6.13. The van der Waals surface area contributed by atoms with Crippen molar-refractivity contribution in [1.29, 1.82) is 0 Å². The van der Waals surface area contributed by atoms with Gasteiger partial charge in [0.05, 0.1) is 6.54 Å². The van der Waals surface area contributed by atoms with Gasteiger partial charge in [-0.1, -0.05) is 45.9 Å². The van der Waals surface area contributed by atoms with Crippen LogP contribution in [0.25, 0.3) is 11.0 Å². The van der Waals surface area contributed by atoms with Gasteiger partial charge >= 0.3 is 0 Å². The van der Waals surface area contributed by atoms with E-state index in [1.54, 1.807) is 0 Å². The fraction of sp³-hybridized carbons (Fsp3) is 0.500. The summed E-state index contributed by atoms with van der Waals surface area (Å²) in [6, 6.07) is 6.47. The Morgan fingerprint density at radius 2 is 1.94 bits per heavy atom. The van der Waals surface area contributed by atoms with Crippen molar-refractivity contribution >= 4 is 11.0 Å². The van der Waals surface area contributed by atoms with Gasteiger partial charge in [0.15, 0.2) is 0 Å². The number of hydrogen-bond donors (Lipinski definition) is 1. The molecule has 1 N–H and O–H groups in total. The Kier molecular flexibility index (Phi) is 3.49. The molecule has 0 bridgehead atoms. The van der Waals surface area contributed by atoms with Gasteiger partial charge in [-0.2, -0.15) is 0 Å². The van der Waals surface area contributed by atoms with Crippen molar-refractivity contribution < 1.29 is 4.42 Å². The molecule has 1 aromatic carbocycles. The minimum absolute atomic E-state index is 0.101. The van der Waals surface area contributed by atoms with E-state index in [0.29, 0.717) is 0 Å². The molecule has 2 aromatic rings. The Morgan fingerprint density at radius 1 is 1.22 bits per heavy atom. The van der Waals surface area contributed by atoms with Gasteiger partial charge in [-0.05, 0) is 24.4 Å². The van der Waals surface area contributed by atoms with Crippen LogP contribution < -0.4 is 5.32 Å². The standard InChI is InChI=1S/C16H23NO/c1-6-11-8-7-9-12-14(16(2,3)4)13(10-17-5)18-15(11)12/h7-9,17H,6,10H2,1-5H3. The smallest absolute Gasteiger partial charge is 0.137 e. The molecule has 0 saturated heterocycles. The van der Waals surface area contributed by atoms with Crippen LogP contribution in [0.2, 0.25) is 0 Å². The molecule has 0 amide bonds. The number of para-hydroxylation sites is 1. The molecule has 0 aliphatic rings. The van der Waals surface area contributed by atoms with Gasteiger partial charge in [0, 0.05) is 10.9 Å². The molecule has 0 aliphatic heterocycles. The lowest BCUT2D eigenvalue weighted by Crippen LogP contribution is -2.15. The lowest BCUT2D eigenvalue weighted by Gasteiger charge is -2.19. The van der Waals surface area contributed by atoms with Crippen LogP contribution in [0.15, 0.2) is 22.6 Å². The number of furan rings is 1. The number of nitrogens with one attached hydrogen (secondary N) is 1. The van der Waals surface area contributed by atoms with Gasteiger partial charge in [-0.15, -0.1) is 0 Å². The van der Waals surface area contributed by atoms with Crippen molar-refractivity contribution in [2.45, 2.75) is 46.1 Å². The summed E-state index contributed by atoms with van der Waals surface area (Å²) in [5, 5.41) is 4.47. The zero-order valence-electron chi connectivity index (χ0n) is 12.1. The largest absolute Gasteiger partial charge is 0.459 e. The maximum Gasteiger partial charge on any atom is 0.137 e. The van der Waals surface area contributed by atoms with Crippen molar-refractivity contribution in [1.82, 2.24) is 5.32 Å². The molecule has 98 valence electrons. The normalized spacial score (nSPS) is 12.3. The minimum atomic E-state index is 0.101. The molecule has 18 heavy (non-hydrogen) atoms. The molecule has 0 radical (unpaired) electrons. The van der Waals surface area contributed by atoms with E-state index in [1.807, 2.05) is 7.05 Å². The fourth-order valence-electron chi connectivity index (χ4n) is 2.61. The summed E-state index contributed by atoms with van der Waals surface area (Å²) in [4.78, 5) is 0. The highest BCUT2D eigenvalue weighted by Gasteiger charge is 2.25. The second-order valence-corrected chi connectivity index (χ2v) is 5.83. The first-order valence-electron chi connectivity index (χ1n) is 6.67. The molecule has 0 fully saturated rings. The Hall–Kier alpha value is -1.28. The zero-order chi connectivity index (χ0) is 13.3. The summed E-state index contributed by atoms with van der Waals surface area (Å²) < 4.78 is 6.13.